The molecule has 1 aliphatic heterocycles. The molecule has 2 aromatic rings. The van der Waals surface area contributed by atoms with Crippen molar-refractivity contribution in [1.82, 2.24) is 10.2 Å². The Kier molecular flexibility index (Phi) is 7.94. The van der Waals surface area contributed by atoms with Gasteiger partial charge in [-0.25, -0.2) is 0 Å². The molecule has 1 aliphatic rings. The molecule has 1 fully saturated rings. The summed E-state index contributed by atoms with van der Waals surface area (Å²) in [5, 5.41) is 2.92. The second-order valence-corrected chi connectivity index (χ2v) is 7.52. The van der Waals surface area contributed by atoms with E-state index in [-0.39, 0.29) is 17.7 Å². The zero-order valence-electron chi connectivity index (χ0n) is 18.9. The number of carbonyl (C=O) groups excluding carboxylic acids is 2. The molecule has 1 heterocycles. The maximum Gasteiger partial charge on any atom is 0.253 e. The van der Waals surface area contributed by atoms with Crippen molar-refractivity contribution in [2.75, 3.05) is 54.7 Å². The highest BCUT2D eigenvalue weighted by molar-refractivity contribution is 5.95. The topological polar surface area (TPSA) is 86.3 Å². The molecule has 0 aliphatic carbocycles. The van der Waals surface area contributed by atoms with Crippen LogP contribution < -0.4 is 19.5 Å². The summed E-state index contributed by atoms with van der Waals surface area (Å²) in [5.74, 6) is 0.905. The van der Waals surface area contributed by atoms with Gasteiger partial charge in [-0.05, 0) is 30.3 Å². The molecular weight excluding hydrogens is 412 g/mol. The molecule has 2 amide bonds. The highest BCUT2D eigenvalue weighted by Gasteiger charge is 2.42. The lowest BCUT2D eigenvalue weighted by Gasteiger charge is -2.21. The number of rotatable bonds is 9. The van der Waals surface area contributed by atoms with Crippen molar-refractivity contribution in [2.24, 2.45) is 5.92 Å². The van der Waals surface area contributed by atoms with Crippen molar-refractivity contribution < 1.29 is 28.5 Å². The van der Waals surface area contributed by atoms with Crippen LogP contribution in [0.15, 0.2) is 42.5 Å². The van der Waals surface area contributed by atoms with Crippen LogP contribution >= 0.6 is 0 Å². The smallest absolute Gasteiger partial charge is 0.253 e. The van der Waals surface area contributed by atoms with E-state index in [9.17, 15) is 9.59 Å². The third-order valence-electron chi connectivity index (χ3n) is 5.72. The number of hydrogen-bond acceptors (Lipinski definition) is 6. The lowest BCUT2D eigenvalue weighted by atomic mass is 9.87. The summed E-state index contributed by atoms with van der Waals surface area (Å²) in [6, 6.07) is 12.6. The van der Waals surface area contributed by atoms with Gasteiger partial charge in [-0.15, -0.1) is 0 Å². The fourth-order valence-electron chi connectivity index (χ4n) is 4.08. The van der Waals surface area contributed by atoms with Gasteiger partial charge in [-0.2, -0.15) is 0 Å². The number of amides is 2. The van der Waals surface area contributed by atoms with Crippen molar-refractivity contribution in [2.45, 2.75) is 5.92 Å². The first-order valence-electron chi connectivity index (χ1n) is 10.4. The van der Waals surface area contributed by atoms with E-state index < -0.39 is 5.92 Å². The number of hydrogen-bond donors (Lipinski definition) is 1. The lowest BCUT2D eigenvalue weighted by molar-refractivity contribution is -0.125. The third-order valence-corrected chi connectivity index (χ3v) is 5.72. The van der Waals surface area contributed by atoms with Gasteiger partial charge < -0.3 is 29.2 Å². The summed E-state index contributed by atoms with van der Waals surface area (Å²) >= 11 is 0. The molecule has 2 aromatic carbocycles. The first-order valence-corrected chi connectivity index (χ1v) is 10.4. The summed E-state index contributed by atoms with van der Waals surface area (Å²) in [5.41, 5.74) is 1.38. The van der Waals surface area contributed by atoms with E-state index in [0.29, 0.717) is 49.1 Å². The maximum absolute atomic E-state index is 13.2. The number of ether oxygens (including phenoxy) is 4. The van der Waals surface area contributed by atoms with Crippen LogP contribution in [0.1, 0.15) is 21.8 Å². The molecular formula is C24H30N2O6. The van der Waals surface area contributed by atoms with Gasteiger partial charge in [0.2, 0.25) is 5.91 Å². The SMILES string of the molecule is COCCNC(=O)[C@@H]1CN(C(=O)c2ccc(OC)cc2)C[C@H]1c1cccc(OC)c1OC. The molecule has 1 saturated heterocycles. The Hall–Kier alpha value is -3.26. The van der Waals surface area contributed by atoms with Gasteiger partial charge in [-0.3, -0.25) is 9.59 Å². The molecule has 0 unspecified atom stereocenters. The van der Waals surface area contributed by atoms with Crippen LogP contribution in [0.2, 0.25) is 0 Å². The number of para-hydroxylation sites is 1. The number of likely N-dealkylation sites (tertiary alicyclic amines) is 1. The zero-order chi connectivity index (χ0) is 23.1. The Morgan fingerprint density at radius 3 is 2.34 bits per heavy atom. The molecule has 0 spiro atoms. The van der Waals surface area contributed by atoms with Gasteiger partial charge in [0.15, 0.2) is 11.5 Å². The van der Waals surface area contributed by atoms with E-state index in [1.54, 1.807) is 57.6 Å². The summed E-state index contributed by atoms with van der Waals surface area (Å²) in [6.07, 6.45) is 0. The fourth-order valence-corrected chi connectivity index (χ4v) is 4.08. The van der Waals surface area contributed by atoms with E-state index in [1.165, 1.54) is 0 Å². The monoisotopic (exact) mass is 442 g/mol. The molecule has 2 atom stereocenters. The first-order chi connectivity index (χ1) is 15.5. The lowest BCUT2D eigenvalue weighted by Crippen LogP contribution is -2.37. The Morgan fingerprint density at radius 1 is 0.969 bits per heavy atom. The Morgan fingerprint density at radius 2 is 1.72 bits per heavy atom. The quantitative estimate of drug-likeness (QED) is 0.600. The minimum Gasteiger partial charge on any atom is -0.497 e. The van der Waals surface area contributed by atoms with Gasteiger partial charge in [-0.1, -0.05) is 12.1 Å². The fraction of sp³-hybridized carbons (Fsp3) is 0.417. The second kappa shape index (κ2) is 10.9. The van der Waals surface area contributed by atoms with Crippen molar-refractivity contribution in [3.63, 3.8) is 0 Å². The largest absolute Gasteiger partial charge is 0.497 e. The molecule has 0 saturated carbocycles. The molecule has 3 rings (SSSR count). The van der Waals surface area contributed by atoms with Crippen LogP contribution in [0.25, 0.3) is 0 Å². The predicted molar refractivity (Wildman–Crippen MR) is 120 cm³/mol. The summed E-state index contributed by atoms with van der Waals surface area (Å²) in [7, 11) is 6.31. The minimum absolute atomic E-state index is 0.123. The molecule has 8 nitrogen and oxygen atoms in total. The minimum atomic E-state index is -0.435. The molecule has 0 radical (unpaired) electrons. The Balaban J connectivity index is 1.90. The molecule has 32 heavy (non-hydrogen) atoms. The second-order valence-electron chi connectivity index (χ2n) is 7.52. The zero-order valence-corrected chi connectivity index (χ0v) is 18.9. The third kappa shape index (κ3) is 4.96. The molecule has 8 heteroatoms. The van der Waals surface area contributed by atoms with E-state index in [0.717, 1.165) is 5.56 Å². The number of benzene rings is 2. The average Bonchev–Trinajstić information content (AvgIpc) is 3.28. The average molecular weight is 443 g/mol. The van der Waals surface area contributed by atoms with Crippen LogP contribution in [0, 0.1) is 5.92 Å². The summed E-state index contributed by atoms with van der Waals surface area (Å²) in [6.45, 7) is 1.51. The van der Waals surface area contributed by atoms with Crippen molar-refractivity contribution in [3.8, 4) is 17.2 Å². The van der Waals surface area contributed by atoms with E-state index in [4.69, 9.17) is 18.9 Å². The van der Waals surface area contributed by atoms with Gasteiger partial charge >= 0.3 is 0 Å². The molecule has 0 bridgehead atoms. The van der Waals surface area contributed by atoms with E-state index >= 15 is 0 Å². The normalized spacial score (nSPS) is 17.7. The highest BCUT2D eigenvalue weighted by Crippen LogP contribution is 2.42. The highest BCUT2D eigenvalue weighted by atomic mass is 16.5. The van der Waals surface area contributed by atoms with Gasteiger partial charge in [0.1, 0.15) is 5.75 Å². The number of nitrogens with one attached hydrogen (secondary N) is 1. The van der Waals surface area contributed by atoms with E-state index in [1.807, 2.05) is 18.2 Å². The van der Waals surface area contributed by atoms with Crippen molar-refractivity contribution >= 4 is 11.8 Å². The van der Waals surface area contributed by atoms with Crippen LogP contribution in [0.4, 0.5) is 0 Å². The summed E-state index contributed by atoms with van der Waals surface area (Å²) < 4.78 is 21.3. The standard InChI is InChI=1S/C24H30N2O6/c1-29-13-12-25-23(27)20-15-26(24(28)16-8-10-17(30-2)11-9-16)14-19(20)18-6-5-7-21(31-3)22(18)32-4/h5-11,19-20H,12-15H2,1-4H3,(H,25,27)/t19-,20+/m0/s1. The van der Waals surface area contributed by atoms with E-state index in [2.05, 4.69) is 5.32 Å². The van der Waals surface area contributed by atoms with Gasteiger partial charge in [0, 0.05) is 43.8 Å². The summed E-state index contributed by atoms with van der Waals surface area (Å²) in [4.78, 5) is 28.0. The molecule has 0 aromatic heterocycles. The van der Waals surface area contributed by atoms with Gasteiger partial charge in [0.25, 0.3) is 5.91 Å². The van der Waals surface area contributed by atoms with Crippen molar-refractivity contribution in [1.29, 1.82) is 0 Å². The Bertz CT molecular complexity index is 931. The molecule has 1 N–H and O–H groups in total. The van der Waals surface area contributed by atoms with Crippen LogP contribution in [-0.4, -0.2) is 71.4 Å². The number of carbonyl (C=O) groups is 2. The number of nitrogens with zero attached hydrogens (tertiary/aromatic N) is 1. The maximum atomic E-state index is 13.2. The van der Waals surface area contributed by atoms with Crippen molar-refractivity contribution in [3.05, 3.63) is 53.6 Å². The Labute approximate surface area is 188 Å². The predicted octanol–water partition coefficient (Wildman–Crippen LogP) is 2.33. The molecule has 172 valence electrons. The van der Waals surface area contributed by atoms with Crippen LogP contribution in [0.3, 0.4) is 0 Å². The van der Waals surface area contributed by atoms with Gasteiger partial charge in [0.05, 0.1) is 33.9 Å². The number of methoxy groups -OCH3 is 4. The van der Waals surface area contributed by atoms with Crippen LogP contribution in [-0.2, 0) is 9.53 Å². The first kappa shape index (κ1) is 23.4. The van der Waals surface area contributed by atoms with Crippen LogP contribution in [0.5, 0.6) is 17.2 Å².